The predicted octanol–water partition coefficient (Wildman–Crippen LogP) is 5.64. The predicted molar refractivity (Wildman–Crippen MR) is 122 cm³/mol. The number of carboxylic acids is 1. The first-order chi connectivity index (χ1) is 14.3. The van der Waals surface area contributed by atoms with E-state index in [4.69, 9.17) is 4.74 Å². The molecule has 1 aliphatic rings. The highest BCUT2D eigenvalue weighted by molar-refractivity contribution is 5.73. The molecule has 166 valence electrons. The van der Waals surface area contributed by atoms with Crippen LogP contribution in [0.15, 0.2) is 29.9 Å². The monoisotopic (exact) mass is 414 g/mol. The molecule has 0 fully saturated rings. The Morgan fingerprint density at radius 2 is 2.00 bits per heavy atom. The zero-order valence-electron chi connectivity index (χ0n) is 19.1. The molecule has 1 aromatic rings. The van der Waals surface area contributed by atoms with Crippen molar-refractivity contribution in [2.24, 2.45) is 11.8 Å². The highest BCUT2D eigenvalue weighted by Crippen LogP contribution is 2.40. The third-order valence-corrected chi connectivity index (χ3v) is 6.36. The number of allylic oxidation sites excluding steroid dienone is 3. The van der Waals surface area contributed by atoms with E-state index in [1.165, 1.54) is 11.1 Å². The van der Waals surface area contributed by atoms with Crippen molar-refractivity contribution in [3.8, 4) is 5.75 Å². The lowest BCUT2D eigenvalue weighted by atomic mass is 9.74. The van der Waals surface area contributed by atoms with Crippen molar-refractivity contribution in [3.05, 3.63) is 52.1 Å². The Balaban J connectivity index is 2.55. The number of ether oxygens (including phenoxy) is 1. The number of carboxylic acid groups (broad SMARTS) is 1. The molecule has 4 heteroatoms. The summed E-state index contributed by atoms with van der Waals surface area (Å²) in [4.78, 5) is 11.6. The van der Waals surface area contributed by atoms with Gasteiger partial charge in [0.05, 0.1) is 20.1 Å². The summed E-state index contributed by atoms with van der Waals surface area (Å²) in [5.74, 6) is 0.449. The van der Waals surface area contributed by atoms with Crippen LogP contribution in [0.1, 0.15) is 75.1 Å². The van der Waals surface area contributed by atoms with Crippen LogP contribution < -0.4 is 4.74 Å². The lowest BCUT2D eigenvalue weighted by molar-refractivity contribution is -0.136. The molecule has 0 spiro atoms. The van der Waals surface area contributed by atoms with E-state index in [9.17, 15) is 15.0 Å². The second-order valence-corrected chi connectivity index (χ2v) is 8.74. The van der Waals surface area contributed by atoms with Crippen LogP contribution in [-0.2, 0) is 30.7 Å². The van der Waals surface area contributed by atoms with Crippen molar-refractivity contribution in [2.45, 2.75) is 78.7 Å². The number of aliphatic carboxylic acids is 1. The van der Waals surface area contributed by atoms with E-state index < -0.39 is 5.97 Å². The van der Waals surface area contributed by atoms with Crippen molar-refractivity contribution in [1.29, 1.82) is 0 Å². The normalized spacial score (nSPS) is 18.8. The Morgan fingerprint density at radius 3 is 2.57 bits per heavy atom. The van der Waals surface area contributed by atoms with E-state index in [2.05, 4.69) is 33.4 Å². The highest BCUT2D eigenvalue weighted by Gasteiger charge is 2.28. The summed E-state index contributed by atoms with van der Waals surface area (Å²) in [6, 6.07) is 2.01. The van der Waals surface area contributed by atoms with E-state index in [1.54, 1.807) is 7.11 Å². The number of carbonyl (C=O) groups is 1. The zero-order valence-corrected chi connectivity index (χ0v) is 19.1. The number of unbranched alkanes of at least 4 members (excludes halogenated alkanes) is 2. The molecule has 4 nitrogen and oxygen atoms in total. The molecule has 2 N–H and O–H groups in total. The maximum absolute atomic E-state index is 11.6. The molecule has 0 radical (unpaired) electrons. The second kappa shape index (κ2) is 11.4. The van der Waals surface area contributed by atoms with E-state index in [1.807, 2.05) is 6.07 Å². The van der Waals surface area contributed by atoms with Crippen LogP contribution in [-0.4, -0.2) is 23.3 Å². The van der Waals surface area contributed by atoms with E-state index in [0.29, 0.717) is 11.7 Å². The number of hydrogen-bond acceptors (Lipinski definition) is 3. The molecule has 0 aromatic heterocycles. The van der Waals surface area contributed by atoms with Crippen LogP contribution in [0.5, 0.6) is 5.75 Å². The Kier molecular flexibility index (Phi) is 9.16. The molecule has 0 bridgehead atoms. The first-order valence-electron chi connectivity index (χ1n) is 11.2. The molecule has 1 aromatic carbocycles. The van der Waals surface area contributed by atoms with Gasteiger partial charge in [-0.3, -0.25) is 4.79 Å². The summed E-state index contributed by atoms with van der Waals surface area (Å²) >= 11 is 0. The minimum Gasteiger partial charge on any atom is -0.496 e. The lowest BCUT2D eigenvalue weighted by Crippen LogP contribution is -2.22. The Morgan fingerprint density at radius 1 is 1.27 bits per heavy atom. The van der Waals surface area contributed by atoms with Crippen LogP contribution in [0.25, 0.3) is 0 Å². The quantitative estimate of drug-likeness (QED) is 0.363. The number of aliphatic hydroxyl groups is 1. The summed E-state index contributed by atoms with van der Waals surface area (Å²) in [6.07, 6.45) is 9.14. The third kappa shape index (κ3) is 5.98. The summed E-state index contributed by atoms with van der Waals surface area (Å²) in [5, 5.41) is 19.7. The van der Waals surface area contributed by atoms with Gasteiger partial charge in [-0.1, -0.05) is 49.6 Å². The molecule has 30 heavy (non-hydrogen) atoms. The summed E-state index contributed by atoms with van der Waals surface area (Å²) in [6.45, 7) is 10.5. The fourth-order valence-corrected chi connectivity index (χ4v) is 4.81. The number of hydrogen-bond donors (Lipinski definition) is 2. The Labute approximate surface area is 181 Å². The minimum atomic E-state index is -0.860. The second-order valence-electron chi connectivity index (χ2n) is 8.74. The van der Waals surface area contributed by atoms with Gasteiger partial charge in [0.25, 0.3) is 0 Å². The largest absolute Gasteiger partial charge is 0.496 e. The van der Waals surface area contributed by atoms with Crippen LogP contribution in [0.3, 0.4) is 0 Å². The molecule has 2 atom stereocenters. The molecule has 0 aliphatic heterocycles. The van der Waals surface area contributed by atoms with Gasteiger partial charge in [-0.2, -0.15) is 0 Å². The Hall–Kier alpha value is -2.07. The summed E-state index contributed by atoms with van der Waals surface area (Å²) in [5.41, 5.74) is 6.10. The van der Waals surface area contributed by atoms with Gasteiger partial charge < -0.3 is 14.9 Å². The molecular formula is C26H38O4. The number of rotatable bonds is 11. The maximum Gasteiger partial charge on any atom is 0.307 e. The SMILES string of the molecule is C=C(C)C1CCC(C)=CC1Cc1c(CO)cc(CCCCC)c(CC(=O)O)c1OC. The molecule has 2 unspecified atom stereocenters. The van der Waals surface area contributed by atoms with E-state index >= 15 is 0 Å². The van der Waals surface area contributed by atoms with Gasteiger partial charge in [-0.25, -0.2) is 0 Å². The van der Waals surface area contributed by atoms with Crippen molar-refractivity contribution in [2.75, 3.05) is 7.11 Å². The molecule has 0 saturated carbocycles. The fraction of sp³-hybridized carbons (Fsp3) is 0.577. The van der Waals surface area contributed by atoms with Gasteiger partial charge in [0.1, 0.15) is 5.75 Å². The zero-order chi connectivity index (χ0) is 22.3. The maximum atomic E-state index is 11.6. The number of aliphatic hydroxyl groups excluding tert-OH is 1. The Bertz CT molecular complexity index is 791. The molecule has 0 heterocycles. The number of methoxy groups -OCH3 is 1. The number of aryl methyl sites for hydroxylation is 1. The molecular weight excluding hydrogens is 376 g/mol. The topological polar surface area (TPSA) is 66.8 Å². The smallest absolute Gasteiger partial charge is 0.307 e. The van der Waals surface area contributed by atoms with Crippen LogP contribution in [0, 0.1) is 11.8 Å². The minimum absolute atomic E-state index is 0.0627. The van der Waals surface area contributed by atoms with Crippen LogP contribution in [0.2, 0.25) is 0 Å². The van der Waals surface area contributed by atoms with Gasteiger partial charge in [-0.15, -0.1) is 0 Å². The van der Waals surface area contributed by atoms with Gasteiger partial charge in [0, 0.05) is 11.1 Å². The summed E-state index contributed by atoms with van der Waals surface area (Å²) < 4.78 is 5.81. The number of benzene rings is 1. The fourth-order valence-electron chi connectivity index (χ4n) is 4.81. The average Bonchev–Trinajstić information content (AvgIpc) is 2.69. The van der Waals surface area contributed by atoms with Crippen molar-refractivity contribution in [3.63, 3.8) is 0 Å². The standard InChI is InChI=1S/C26H38O4/c1-6-7-8-9-19-13-21(16-27)23(26(30-5)24(19)15-25(28)29)14-20-12-18(4)10-11-22(20)17(2)3/h12-13,20,22,27H,2,6-11,14-16H2,1,3-5H3,(H,28,29). The van der Waals surface area contributed by atoms with Crippen molar-refractivity contribution in [1.82, 2.24) is 0 Å². The molecule has 0 amide bonds. The molecule has 2 rings (SSSR count). The van der Waals surface area contributed by atoms with Gasteiger partial charge >= 0.3 is 5.97 Å². The van der Waals surface area contributed by atoms with Gasteiger partial charge in [-0.05, 0) is 68.9 Å². The van der Waals surface area contributed by atoms with Crippen molar-refractivity contribution < 1.29 is 19.7 Å². The summed E-state index contributed by atoms with van der Waals surface area (Å²) in [7, 11) is 1.61. The lowest BCUT2D eigenvalue weighted by Gasteiger charge is -2.32. The van der Waals surface area contributed by atoms with E-state index in [-0.39, 0.29) is 18.9 Å². The van der Waals surface area contributed by atoms with Crippen LogP contribution >= 0.6 is 0 Å². The van der Waals surface area contributed by atoms with Gasteiger partial charge in [0.15, 0.2) is 0 Å². The van der Waals surface area contributed by atoms with Crippen LogP contribution in [0.4, 0.5) is 0 Å². The highest BCUT2D eigenvalue weighted by atomic mass is 16.5. The third-order valence-electron chi connectivity index (χ3n) is 6.36. The first kappa shape index (κ1) is 24.2. The molecule has 0 saturated heterocycles. The first-order valence-corrected chi connectivity index (χ1v) is 11.2. The van der Waals surface area contributed by atoms with Gasteiger partial charge in [0.2, 0.25) is 0 Å². The molecule has 1 aliphatic carbocycles. The average molecular weight is 415 g/mol. The van der Waals surface area contributed by atoms with E-state index in [0.717, 1.165) is 67.2 Å². The van der Waals surface area contributed by atoms with Crippen molar-refractivity contribution >= 4 is 5.97 Å².